The first-order valence-corrected chi connectivity index (χ1v) is 5.78. The number of nitrogens with one attached hydrogen (secondary N) is 1. The third-order valence-corrected chi connectivity index (χ3v) is 2.63. The molecule has 0 aliphatic carbocycles. The normalized spacial score (nSPS) is 28.3. The van der Waals surface area contributed by atoms with Gasteiger partial charge in [0, 0.05) is 13.1 Å². The SMILES string of the molecule is CC(C)(C)OC(=O)N1CC2CNCC(C1)O2.Cl. The molecular weight excluding hydrogens is 244 g/mol. The number of morpholine rings is 2. The zero-order valence-corrected chi connectivity index (χ0v) is 11.4. The Balaban J connectivity index is 0.00000144. The van der Waals surface area contributed by atoms with E-state index in [0.29, 0.717) is 13.1 Å². The van der Waals surface area contributed by atoms with Gasteiger partial charge in [-0.05, 0) is 20.8 Å². The minimum atomic E-state index is -0.428. The van der Waals surface area contributed by atoms with Gasteiger partial charge in [-0.15, -0.1) is 12.4 Å². The maximum absolute atomic E-state index is 11.9. The average Bonchev–Trinajstić information content (AvgIpc) is 2.14. The van der Waals surface area contributed by atoms with Crippen LogP contribution in [0, 0.1) is 0 Å². The Morgan fingerprint density at radius 3 is 2.29 bits per heavy atom. The number of ether oxygens (including phenoxy) is 2. The van der Waals surface area contributed by atoms with Crippen LogP contribution >= 0.6 is 12.4 Å². The highest BCUT2D eigenvalue weighted by Crippen LogP contribution is 2.17. The summed E-state index contributed by atoms with van der Waals surface area (Å²) in [5.74, 6) is 0. The van der Waals surface area contributed by atoms with Gasteiger partial charge < -0.3 is 19.7 Å². The molecule has 2 aliphatic rings. The minimum Gasteiger partial charge on any atom is -0.444 e. The van der Waals surface area contributed by atoms with Gasteiger partial charge in [0.25, 0.3) is 0 Å². The highest BCUT2D eigenvalue weighted by Gasteiger charge is 2.35. The molecule has 0 saturated carbocycles. The molecule has 17 heavy (non-hydrogen) atoms. The smallest absolute Gasteiger partial charge is 0.410 e. The summed E-state index contributed by atoms with van der Waals surface area (Å²) in [6, 6.07) is 0. The van der Waals surface area contributed by atoms with E-state index in [9.17, 15) is 4.79 Å². The van der Waals surface area contributed by atoms with Gasteiger partial charge in [0.15, 0.2) is 0 Å². The standard InChI is InChI=1S/C11H20N2O3.ClH/c1-11(2,3)16-10(14)13-6-8-4-12-5-9(7-13)15-8;/h8-9,12H,4-7H2,1-3H3;1H. The molecular formula is C11H21ClN2O3. The number of hydrogen-bond acceptors (Lipinski definition) is 4. The largest absolute Gasteiger partial charge is 0.444 e. The molecule has 100 valence electrons. The molecule has 0 aromatic heterocycles. The van der Waals surface area contributed by atoms with Crippen molar-refractivity contribution in [2.24, 2.45) is 0 Å². The lowest BCUT2D eigenvalue weighted by molar-refractivity contribution is -0.102. The van der Waals surface area contributed by atoms with Gasteiger partial charge in [-0.3, -0.25) is 0 Å². The van der Waals surface area contributed by atoms with Crippen LogP contribution in [-0.2, 0) is 9.47 Å². The number of halogens is 1. The molecule has 2 saturated heterocycles. The van der Waals surface area contributed by atoms with E-state index >= 15 is 0 Å². The predicted octanol–water partition coefficient (Wildman–Crippen LogP) is 1.02. The van der Waals surface area contributed by atoms with Crippen LogP contribution in [0.5, 0.6) is 0 Å². The topological polar surface area (TPSA) is 50.8 Å². The molecule has 2 atom stereocenters. The Morgan fingerprint density at radius 2 is 1.82 bits per heavy atom. The quantitative estimate of drug-likeness (QED) is 0.710. The Bertz CT molecular complexity index is 268. The first-order chi connectivity index (χ1) is 7.44. The van der Waals surface area contributed by atoms with E-state index in [1.165, 1.54) is 0 Å². The summed E-state index contributed by atoms with van der Waals surface area (Å²) in [7, 11) is 0. The lowest BCUT2D eigenvalue weighted by atomic mass is 10.1. The zero-order chi connectivity index (χ0) is 11.8. The summed E-state index contributed by atoms with van der Waals surface area (Å²) >= 11 is 0. The van der Waals surface area contributed by atoms with Crippen molar-refractivity contribution in [2.75, 3.05) is 26.2 Å². The summed E-state index contributed by atoms with van der Waals surface area (Å²) in [6.45, 7) is 8.53. The van der Waals surface area contributed by atoms with Crippen molar-refractivity contribution in [1.82, 2.24) is 10.2 Å². The molecule has 2 fully saturated rings. The fourth-order valence-electron chi connectivity index (χ4n) is 2.03. The number of hydrogen-bond donors (Lipinski definition) is 1. The lowest BCUT2D eigenvalue weighted by Gasteiger charge is -2.41. The van der Waals surface area contributed by atoms with Crippen molar-refractivity contribution in [1.29, 1.82) is 0 Å². The first-order valence-electron chi connectivity index (χ1n) is 5.78. The second-order valence-corrected chi connectivity index (χ2v) is 5.42. The third-order valence-electron chi connectivity index (χ3n) is 2.63. The van der Waals surface area contributed by atoms with Gasteiger partial charge in [0.1, 0.15) is 5.60 Å². The highest BCUT2D eigenvalue weighted by molar-refractivity contribution is 5.85. The van der Waals surface area contributed by atoms with Crippen molar-refractivity contribution in [3.8, 4) is 0 Å². The van der Waals surface area contributed by atoms with Gasteiger partial charge in [0.2, 0.25) is 0 Å². The molecule has 0 aromatic carbocycles. The number of carbonyl (C=O) groups excluding carboxylic acids is 1. The van der Waals surface area contributed by atoms with Crippen molar-refractivity contribution in [3.63, 3.8) is 0 Å². The van der Waals surface area contributed by atoms with Crippen molar-refractivity contribution < 1.29 is 14.3 Å². The second-order valence-electron chi connectivity index (χ2n) is 5.42. The molecule has 0 aromatic rings. The van der Waals surface area contributed by atoms with Gasteiger partial charge in [-0.25, -0.2) is 4.79 Å². The third kappa shape index (κ3) is 4.01. The number of fused-ring (bicyclic) bond motifs is 2. The number of carbonyl (C=O) groups is 1. The Hall–Kier alpha value is -0.520. The Labute approximate surface area is 108 Å². The molecule has 1 amide bonds. The molecule has 5 nitrogen and oxygen atoms in total. The van der Waals surface area contributed by atoms with Crippen LogP contribution in [0.15, 0.2) is 0 Å². The van der Waals surface area contributed by atoms with Crippen molar-refractivity contribution in [2.45, 2.75) is 38.6 Å². The van der Waals surface area contributed by atoms with Crippen LogP contribution in [0.25, 0.3) is 0 Å². The summed E-state index contributed by atoms with van der Waals surface area (Å²) in [5, 5.41) is 3.29. The molecule has 2 bridgehead atoms. The lowest BCUT2D eigenvalue weighted by Crippen LogP contribution is -2.59. The maximum atomic E-state index is 11.9. The van der Waals surface area contributed by atoms with Gasteiger partial charge in [-0.2, -0.15) is 0 Å². The Morgan fingerprint density at radius 1 is 1.29 bits per heavy atom. The average molecular weight is 265 g/mol. The van der Waals surface area contributed by atoms with E-state index < -0.39 is 5.60 Å². The van der Waals surface area contributed by atoms with Crippen LogP contribution in [0.2, 0.25) is 0 Å². The van der Waals surface area contributed by atoms with Crippen molar-refractivity contribution in [3.05, 3.63) is 0 Å². The molecule has 2 aliphatic heterocycles. The van der Waals surface area contributed by atoms with Crippen molar-refractivity contribution >= 4 is 18.5 Å². The maximum Gasteiger partial charge on any atom is 0.410 e. The zero-order valence-electron chi connectivity index (χ0n) is 10.6. The van der Waals surface area contributed by atoms with E-state index in [2.05, 4.69) is 5.32 Å². The molecule has 1 N–H and O–H groups in total. The van der Waals surface area contributed by atoms with E-state index in [0.717, 1.165) is 13.1 Å². The number of amides is 1. The molecule has 2 rings (SSSR count). The van der Waals surface area contributed by atoms with Crippen LogP contribution in [0.1, 0.15) is 20.8 Å². The molecule has 2 unspecified atom stereocenters. The minimum absolute atomic E-state index is 0. The fraction of sp³-hybridized carbons (Fsp3) is 0.909. The van der Waals surface area contributed by atoms with Crippen LogP contribution in [0.4, 0.5) is 4.79 Å². The summed E-state index contributed by atoms with van der Waals surface area (Å²) < 4.78 is 11.1. The summed E-state index contributed by atoms with van der Waals surface area (Å²) in [6.07, 6.45) is -0.00673. The van der Waals surface area contributed by atoms with Gasteiger partial charge in [0.05, 0.1) is 25.3 Å². The van der Waals surface area contributed by atoms with E-state index in [-0.39, 0.29) is 30.7 Å². The molecule has 0 radical (unpaired) electrons. The first kappa shape index (κ1) is 14.5. The molecule has 2 heterocycles. The van der Waals surface area contributed by atoms with Gasteiger partial charge in [-0.1, -0.05) is 0 Å². The summed E-state index contributed by atoms with van der Waals surface area (Å²) in [5.41, 5.74) is -0.428. The van der Waals surface area contributed by atoms with Crippen LogP contribution in [0.3, 0.4) is 0 Å². The number of rotatable bonds is 0. The van der Waals surface area contributed by atoms with E-state index in [1.807, 2.05) is 20.8 Å². The molecule has 0 spiro atoms. The van der Waals surface area contributed by atoms with E-state index in [1.54, 1.807) is 4.90 Å². The predicted molar refractivity (Wildman–Crippen MR) is 66.6 cm³/mol. The Kier molecular flexibility index (Phi) is 4.63. The van der Waals surface area contributed by atoms with Crippen LogP contribution < -0.4 is 5.32 Å². The second kappa shape index (κ2) is 5.42. The monoisotopic (exact) mass is 264 g/mol. The number of nitrogens with zero attached hydrogens (tertiary/aromatic N) is 1. The highest BCUT2D eigenvalue weighted by atomic mass is 35.5. The van der Waals surface area contributed by atoms with Gasteiger partial charge >= 0.3 is 6.09 Å². The fourth-order valence-corrected chi connectivity index (χ4v) is 2.03. The van der Waals surface area contributed by atoms with Crippen LogP contribution in [-0.4, -0.2) is 55.0 Å². The summed E-state index contributed by atoms with van der Waals surface area (Å²) in [4.78, 5) is 13.6. The molecule has 6 heteroatoms. The van der Waals surface area contributed by atoms with E-state index in [4.69, 9.17) is 9.47 Å².